The van der Waals surface area contributed by atoms with Gasteiger partial charge in [-0.2, -0.15) is 0 Å². The molecule has 0 aliphatic heterocycles. The molecule has 0 bridgehead atoms. The lowest BCUT2D eigenvalue weighted by atomic mass is 10.5. The molecule has 0 fully saturated rings. The Bertz CT molecular complexity index is 195. The van der Waals surface area contributed by atoms with E-state index >= 15 is 0 Å². The van der Waals surface area contributed by atoms with E-state index in [4.69, 9.17) is 4.52 Å². The van der Waals surface area contributed by atoms with E-state index < -0.39 is 7.52 Å². The lowest BCUT2D eigenvalue weighted by Gasteiger charge is -2.25. The molecule has 2 N–H and O–H groups in total. The zero-order valence-corrected chi connectivity index (χ0v) is 10.7. The summed E-state index contributed by atoms with van der Waals surface area (Å²) < 4.78 is 17.7. The number of rotatable bonds is 7. The van der Waals surface area contributed by atoms with Crippen molar-refractivity contribution in [3.8, 4) is 0 Å². The van der Waals surface area contributed by atoms with Gasteiger partial charge in [-0.25, -0.2) is 5.09 Å². The molecule has 0 amide bonds. The fourth-order valence-corrected chi connectivity index (χ4v) is 2.72. The monoisotopic (exact) mass is 222 g/mol. The van der Waals surface area contributed by atoms with Crippen molar-refractivity contribution in [2.75, 3.05) is 20.1 Å². The Labute approximate surface area is 87.3 Å². The molecule has 0 aromatic rings. The maximum absolute atomic E-state index is 12.2. The highest BCUT2D eigenvalue weighted by Crippen LogP contribution is 2.48. The van der Waals surface area contributed by atoms with Crippen LogP contribution >= 0.6 is 7.52 Å². The van der Waals surface area contributed by atoms with E-state index in [1.165, 1.54) is 0 Å². The molecule has 1 atom stereocenters. The van der Waals surface area contributed by atoms with Crippen molar-refractivity contribution in [2.45, 2.75) is 39.5 Å². The van der Waals surface area contributed by atoms with E-state index in [0.29, 0.717) is 6.54 Å². The van der Waals surface area contributed by atoms with Gasteiger partial charge in [0.25, 0.3) is 7.52 Å². The van der Waals surface area contributed by atoms with Crippen LogP contribution < -0.4 is 10.4 Å². The van der Waals surface area contributed by atoms with Gasteiger partial charge in [-0.1, -0.05) is 13.8 Å². The smallest absolute Gasteiger partial charge is 0.272 e. The largest absolute Gasteiger partial charge is 0.318 e. The Morgan fingerprint density at radius 2 is 1.79 bits per heavy atom. The second kappa shape index (κ2) is 6.57. The molecule has 0 aliphatic carbocycles. The second-order valence-corrected chi connectivity index (χ2v) is 6.61. The van der Waals surface area contributed by atoms with Gasteiger partial charge in [0, 0.05) is 18.7 Å². The lowest BCUT2D eigenvalue weighted by Crippen LogP contribution is -2.27. The van der Waals surface area contributed by atoms with Gasteiger partial charge in [0.1, 0.15) is 0 Å². The van der Waals surface area contributed by atoms with Crippen LogP contribution in [0.4, 0.5) is 0 Å². The van der Waals surface area contributed by atoms with Crippen molar-refractivity contribution in [2.24, 2.45) is 0 Å². The van der Waals surface area contributed by atoms with Crippen LogP contribution in [0.3, 0.4) is 0 Å². The second-order valence-electron chi connectivity index (χ2n) is 3.86. The molecule has 86 valence electrons. The normalized spacial score (nSPS) is 16.2. The Balaban J connectivity index is 4.18. The van der Waals surface area contributed by atoms with Gasteiger partial charge in [0.05, 0.1) is 6.10 Å². The predicted octanol–water partition coefficient (Wildman–Crippen LogP) is 1.82. The van der Waals surface area contributed by atoms with Gasteiger partial charge in [-0.15, -0.1) is 0 Å². The highest BCUT2D eigenvalue weighted by Gasteiger charge is 2.27. The van der Waals surface area contributed by atoms with Crippen LogP contribution in [0.15, 0.2) is 0 Å². The van der Waals surface area contributed by atoms with Gasteiger partial charge < -0.3 is 9.84 Å². The maximum Gasteiger partial charge on any atom is 0.272 e. The van der Waals surface area contributed by atoms with Crippen LogP contribution in [0.5, 0.6) is 0 Å². The fraction of sp³-hybridized carbons (Fsp3) is 1.00. The van der Waals surface area contributed by atoms with E-state index in [2.05, 4.69) is 10.4 Å². The number of hydrogen-bond donors (Lipinski definition) is 2. The SMILES string of the molecule is CNCCNP(=O)(OC(C)C)C(C)C. The average Bonchev–Trinajstić information content (AvgIpc) is 2.03. The summed E-state index contributed by atoms with van der Waals surface area (Å²) in [5.41, 5.74) is 0.0155. The van der Waals surface area contributed by atoms with E-state index in [1.54, 1.807) is 0 Å². The Morgan fingerprint density at radius 3 is 2.14 bits per heavy atom. The third-order valence-electron chi connectivity index (χ3n) is 1.75. The summed E-state index contributed by atoms with van der Waals surface area (Å²) in [6.07, 6.45) is -0.00896. The maximum atomic E-state index is 12.2. The minimum Gasteiger partial charge on any atom is -0.318 e. The minimum atomic E-state index is -2.67. The summed E-state index contributed by atoms with van der Waals surface area (Å²) in [6, 6.07) is 0. The predicted molar refractivity (Wildman–Crippen MR) is 60.9 cm³/mol. The highest BCUT2D eigenvalue weighted by atomic mass is 31.2. The molecule has 0 heterocycles. The molecule has 0 rings (SSSR count). The summed E-state index contributed by atoms with van der Waals surface area (Å²) in [7, 11) is -0.801. The molecule has 1 unspecified atom stereocenters. The van der Waals surface area contributed by atoms with Crippen molar-refractivity contribution in [3.63, 3.8) is 0 Å². The van der Waals surface area contributed by atoms with Crippen molar-refractivity contribution >= 4 is 7.52 Å². The highest BCUT2D eigenvalue weighted by molar-refractivity contribution is 7.57. The van der Waals surface area contributed by atoms with E-state index in [1.807, 2.05) is 34.7 Å². The zero-order valence-electron chi connectivity index (χ0n) is 9.83. The molecule has 0 aromatic carbocycles. The van der Waals surface area contributed by atoms with E-state index in [0.717, 1.165) is 6.54 Å². The molecular weight excluding hydrogens is 199 g/mol. The molecule has 0 aromatic heterocycles. The van der Waals surface area contributed by atoms with Crippen molar-refractivity contribution in [3.05, 3.63) is 0 Å². The molecule has 0 saturated carbocycles. The zero-order chi connectivity index (χ0) is 11.2. The van der Waals surface area contributed by atoms with Crippen molar-refractivity contribution in [1.82, 2.24) is 10.4 Å². The first-order valence-electron chi connectivity index (χ1n) is 5.10. The quantitative estimate of drug-likeness (QED) is 0.509. The van der Waals surface area contributed by atoms with Gasteiger partial charge in [-0.3, -0.25) is 4.57 Å². The number of hydrogen-bond acceptors (Lipinski definition) is 3. The standard InChI is InChI=1S/C9H23N2O2P/c1-8(2)13-14(12,9(3)4)11-7-6-10-5/h8-10H,6-7H2,1-5H3,(H,11,12). The Morgan fingerprint density at radius 1 is 1.21 bits per heavy atom. The first-order chi connectivity index (χ1) is 6.42. The summed E-state index contributed by atoms with van der Waals surface area (Å²) in [5.74, 6) is 0. The van der Waals surface area contributed by atoms with Crippen LogP contribution in [0.25, 0.3) is 0 Å². The van der Waals surface area contributed by atoms with Crippen molar-refractivity contribution in [1.29, 1.82) is 0 Å². The Hall–Kier alpha value is 0.110. The molecular formula is C9H23N2O2P. The number of likely N-dealkylation sites (N-methyl/N-ethyl adjacent to an activating group) is 1. The third kappa shape index (κ3) is 5.11. The fourth-order valence-electron chi connectivity index (χ4n) is 0.991. The van der Waals surface area contributed by atoms with Crippen molar-refractivity contribution < 1.29 is 9.09 Å². The van der Waals surface area contributed by atoms with Gasteiger partial charge >= 0.3 is 0 Å². The first kappa shape index (κ1) is 14.1. The average molecular weight is 222 g/mol. The van der Waals surface area contributed by atoms with Crippen LogP contribution in [0.2, 0.25) is 0 Å². The van der Waals surface area contributed by atoms with Crippen LogP contribution in [0, 0.1) is 0 Å². The molecule has 4 nitrogen and oxygen atoms in total. The molecule has 14 heavy (non-hydrogen) atoms. The first-order valence-corrected chi connectivity index (χ1v) is 6.79. The lowest BCUT2D eigenvalue weighted by molar-refractivity contribution is 0.234. The van der Waals surface area contributed by atoms with Gasteiger partial charge in [0.2, 0.25) is 0 Å². The number of nitrogens with one attached hydrogen (secondary N) is 2. The van der Waals surface area contributed by atoms with Gasteiger partial charge in [-0.05, 0) is 20.9 Å². The summed E-state index contributed by atoms with van der Waals surface area (Å²) >= 11 is 0. The minimum absolute atomic E-state index is 0.00896. The topological polar surface area (TPSA) is 50.4 Å². The summed E-state index contributed by atoms with van der Waals surface area (Å²) in [5, 5.41) is 5.99. The molecule has 0 spiro atoms. The Kier molecular flexibility index (Phi) is 6.62. The van der Waals surface area contributed by atoms with E-state index in [-0.39, 0.29) is 11.8 Å². The molecule has 5 heteroatoms. The summed E-state index contributed by atoms with van der Waals surface area (Å²) in [4.78, 5) is 0. The molecule has 0 saturated heterocycles. The van der Waals surface area contributed by atoms with Gasteiger partial charge in [0.15, 0.2) is 0 Å². The summed E-state index contributed by atoms with van der Waals surface area (Å²) in [6.45, 7) is 9.07. The van der Waals surface area contributed by atoms with Crippen LogP contribution in [0.1, 0.15) is 27.7 Å². The van der Waals surface area contributed by atoms with E-state index in [9.17, 15) is 4.57 Å². The molecule has 0 aliphatic rings. The van der Waals surface area contributed by atoms with Crippen LogP contribution in [-0.2, 0) is 9.09 Å². The van der Waals surface area contributed by atoms with Crippen LogP contribution in [-0.4, -0.2) is 31.9 Å². The molecule has 0 radical (unpaired) electrons. The third-order valence-corrected chi connectivity index (χ3v) is 4.51.